The number of likely N-dealkylation sites (tertiary alicyclic amines) is 1. The van der Waals surface area contributed by atoms with Crippen LogP contribution >= 0.6 is 11.8 Å². The minimum absolute atomic E-state index is 0.0428. The van der Waals surface area contributed by atoms with Crippen LogP contribution in [0, 0.1) is 11.8 Å². The lowest BCUT2D eigenvalue weighted by Crippen LogP contribution is -2.30. The van der Waals surface area contributed by atoms with E-state index < -0.39 is 11.7 Å². The summed E-state index contributed by atoms with van der Waals surface area (Å²) in [5, 5.41) is 0.610. The first-order valence-electron chi connectivity index (χ1n) is 8.54. The number of thioether (sulfide) groups is 1. The van der Waals surface area contributed by atoms with Gasteiger partial charge < -0.3 is 10.6 Å². The topological polar surface area (TPSA) is 41.6 Å². The van der Waals surface area contributed by atoms with Gasteiger partial charge in [-0.3, -0.25) is 4.99 Å². The summed E-state index contributed by atoms with van der Waals surface area (Å²) in [4.78, 5) is 6.36. The molecule has 0 bridgehead atoms. The third kappa shape index (κ3) is 3.53. The molecule has 1 aliphatic carbocycles. The van der Waals surface area contributed by atoms with Crippen LogP contribution in [-0.4, -0.2) is 42.5 Å². The molecule has 1 aromatic carbocycles. The fraction of sp³-hybridized carbons (Fsp3) is 0.611. The quantitative estimate of drug-likeness (QED) is 0.489. The summed E-state index contributed by atoms with van der Waals surface area (Å²) in [5.41, 5.74) is 6.20. The molecule has 1 saturated carbocycles. The van der Waals surface area contributed by atoms with Gasteiger partial charge >= 0.3 is 6.18 Å². The van der Waals surface area contributed by atoms with Gasteiger partial charge in [0.15, 0.2) is 5.17 Å². The van der Waals surface area contributed by atoms with E-state index in [1.807, 2.05) is 0 Å². The number of benzene rings is 1. The second-order valence-electron chi connectivity index (χ2n) is 7.01. The second kappa shape index (κ2) is 6.83. The lowest BCUT2D eigenvalue weighted by Gasteiger charge is -2.23. The molecule has 2 N–H and O–H groups in total. The van der Waals surface area contributed by atoms with Crippen LogP contribution in [0.1, 0.15) is 24.5 Å². The third-order valence-electron chi connectivity index (χ3n) is 5.75. The van der Waals surface area contributed by atoms with E-state index in [0.717, 1.165) is 37.4 Å². The number of rotatable bonds is 5. The predicted molar refractivity (Wildman–Crippen MR) is 96.8 cm³/mol. The van der Waals surface area contributed by atoms with Gasteiger partial charge in [-0.05, 0) is 42.5 Å². The van der Waals surface area contributed by atoms with Crippen molar-refractivity contribution in [1.82, 2.24) is 4.90 Å². The maximum atomic E-state index is 12.8. The van der Waals surface area contributed by atoms with Gasteiger partial charge in [-0.2, -0.15) is 13.2 Å². The summed E-state index contributed by atoms with van der Waals surface area (Å²) >= 11 is 1.57. The van der Waals surface area contributed by atoms with Crippen molar-refractivity contribution in [2.75, 3.05) is 32.4 Å². The summed E-state index contributed by atoms with van der Waals surface area (Å²) in [5.74, 6) is 2.03. The molecule has 0 spiro atoms. The van der Waals surface area contributed by atoms with Gasteiger partial charge in [0.2, 0.25) is 0 Å². The van der Waals surface area contributed by atoms with Crippen molar-refractivity contribution in [3.8, 4) is 0 Å². The molecule has 0 amide bonds. The maximum Gasteiger partial charge on any atom is 0.416 e. The summed E-state index contributed by atoms with van der Waals surface area (Å²) < 4.78 is 38.3. The highest BCUT2D eigenvalue weighted by Gasteiger charge is 2.66. The first-order valence-corrected chi connectivity index (χ1v) is 9.52. The average molecular weight is 371 g/mol. The summed E-state index contributed by atoms with van der Waals surface area (Å²) in [7, 11) is 1.69. The van der Waals surface area contributed by atoms with E-state index in [2.05, 4.69) is 16.8 Å². The monoisotopic (exact) mass is 371 g/mol. The fourth-order valence-electron chi connectivity index (χ4n) is 4.26. The first-order chi connectivity index (χ1) is 11.8. The largest absolute Gasteiger partial charge is 0.416 e. The van der Waals surface area contributed by atoms with E-state index >= 15 is 0 Å². The molecule has 25 heavy (non-hydrogen) atoms. The SMILES string of the molecule is CN=C(N)SCCCN1C[C@@H]2[C@H](C)[C@]2(c2ccc(C(F)(F)F)cc2)C1. The van der Waals surface area contributed by atoms with Crippen molar-refractivity contribution in [2.45, 2.75) is 24.9 Å². The summed E-state index contributed by atoms with van der Waals surface area (Å²) in [6.07, 6.45) is -3.24. The van der Waals surface area contributed by atoms with Gasteiger partial charge in [0.05, 0.1) is 5.56 Å². The summed E-state index contributed by atoms with van der Waals surface area (Å²) in [6, 6.07) is 5.80. The van der Waals surface area contributed by atoms with Crippen LogP contribution in [0.25, 0.3) is 0 Å². The molecule has 2 aliphatic rings. The van der Waals surface area contributed by atoms with Crippen LogP contribution in [0.2, 0.25) is 0 Å². The minimum Gasteiger partial charge on any atom is -0.379 e. The molecule has 3 rings (SSSR count). The van der Waals surface area contributed by atoms with Gasteiger partial charge in [0.25, 0.3) is 0 Å². The lowest BCUT2D eigenvalue weighted by molar-refractivity contribution is -0.137. The smallest absolute Gasteiger partial charge is 0.379 e. The Hall–Kier alpha value is -1.21. The highest BCUT2D eigenvalue weighted by atomic mass is 32.2. The van der Waals surface area contributed by atoms with Crippen molar-refractivity contribution < 1.29 is 13.2 Å². The van der Waals surface area contributed by atoms with Crippen molar-refractivity contribution in [1.29, 1.82) is 0 Å². The molecule has 7 heteroatoms. The van der Waals surface area contributed by atoms with Gasteiger partial charge in [0, 0.05) is 31.3 Å². The summed E-state index contributed by atoms with van der Waals surface area (Å²) in [6.45, 7) is 5.18. The zero-order chi connectivity index (χ0) is 18.2. The molecule has 1 aliphatic heterocycles. The van der Waals surface area contributed by atoms with Gasteiger partial charge in [-0.1, -0.05) is 30.8 Å². The van der Waals surface area contributed by atoms with Gasteiger partial charge in [-0.25, -0.2) is 0 Å². The van der Waals surface area contributed by atoms with Gasteiger partial charge in [0.1, 0.15) is 0 Å². The third-order valence-corrected chi connectivity index (χ3v) is 6.72. The molecule has 0 radical (unpaired) electrons. The Morgan fingerprint density at radius 2 is 2.04 bits per heavy atom. The van der Waals surface area contributed by atoms with Gasteiger partial charge in [-0.15, -0.1) is 0 Å². The Kier molecular flexibility index (Phi) is 5.08. The molecule has 3 nitrogen and oxygen atoms in total. The Morgan fingerprint density at radius 1 is 1.36 bits per heavy atom. The van der Waals surface area contributed by atoms with Crippen LogP contribution in [0.4, 0.5) is 13.2 Å². The van der Waals surface area contributed by atoms with Crippen LogP contribution in [0.5, 0.6) is 0 Å². The van der Waals surface area contributed by atoms with E-state index in [-0.39, 0.29) is 5.41 Å². The Bertz CT molecular complexity index is 644. The molecule has 1 aromatic rings. The number of hydrogen-bond acceptors (Lipinski definition) is 3. The van der Waals surface area contributed by atoms with Crippen molar-refractivity contribution in [3.05, 3.63) is 35.4 Å². The number of amidine groups is 1. The van der Waals surface area contributed by atoms with Crippen LogP contribution in [-0.2, 0) is 11.6 Å². The van der Waals surface area contributed by atoms with Crippen LogP contribution in [0.15, 0.2) is 29.3 Å². The number of nitrogens with two attached hydrogens (primary N) is 1. The number of alkyl halides is 3. The zero-order valence-corrected chi connectivity index (χ0v) is 15.3. The molecule has 1 heterocycles. The molecule has 0 unspecified atom stereocenters. The first kappa shape index (κ1) is 18.6. The van der Waals surface area contributed by atoms with E-state index in [1.165, 1.54) is 12.1 Å². The van der Waals surface area contributed by atoms with Crippen molar-refractivity contribution in [3.63, 3.8) is 0 Å². The van der Waals surface area contributed by atoms with Crippen LogP contribution < -0.4 is 5.73 Å². The number of nitrogens with zero attached hydrogens (tertiary/aromatic N) is 2. The molecular weight excluding hydrogens is 347 g/mol. The lowest BCUT2D eigenvalue weighted by atomic mass is 9.92. The van der Waals surface area contributed by atoms with E-state index in [1.54, 1.807) is 30.9 Å². The van der Waals surface area contributed by atoms with Crippen LogP contribution in [0.3, 0.4) is 0 Å². The average Bonchev–Trinajstić information content (AvgIpc) is 2.94. The predicted octanol–water partition coefficient (Wildman–Crippen LogP) is 3.59. The fourth-order valence-corrected chi connectivity index (χ4v) is 4.87. The molecule has 1 saturated heterocycles. The van der Waals surface area contributed by atoms with E-state index in [9.17, 15) is 13.2 Å². The molecule has 138 valence electrons. The van der Waals surface area contributed by atoms with Crippen molar-refractivity contribution >= 4 is 16.9 Å². The number of aliphatic imine (C=N–C) groups is 1. The zero-order valence-electron chi connectivity index (χ0n) is 14.5. The number of hydrogen-bond donors (Lipinski definition) is 1. The van der Waals surface area contributed by atoms with Crippen molar-refractivity contribution in [2.24, 2.45) is 22.6 Å². The highest BCUT2D eigenvalue weighted by Crippen LogP contribution is 2.63. The molecular formula is C18H24F3N3S. The number of piperidine rings is 1. The number of fused-ring (bicyclic) bond motifs is 1. The molecule has 3 atom stereocenters. The Morgan fingerprint density at radius 3 is 2.64 bits per heavy atom. The second-order valence-corrected chi connectivity index (χ2v) is 8.12. The maximum absolute atomic E-state index is 12.8. The number of halogens is 3. The standard InChI is InChI=1S/C18H24F3N3S/c1-12-15-10-24(8-3-9-25-16(22)23-2)11-17(12,15)13-4-6-14(7-5-13)18(19,20)21/h4-7,12,15H,3,8-11H2,1-2H3,(H2,22,23)/t12-,15+,17-/m0/s1. The Balaban J connectivity index is 1.59. The highest BCUT2D eigenvalue weighted by molar-refractivity contribution is 8.13. The van der Waals surface area contributed by atoms with E-state index in [0.29, 0.717) is 17.0 Å². The Labute approximate surface area is 150 Å². The molecule has 0 aromatic heterocycles. The molecule has 2 fully saturated rings. The normalized spacial score (nSPS) is 29.7. The van der Waals surface area contributed by atoms with E-state index in [4.69, 9.17) is 5.73 Å². The minimum atomic E-state index is -4.27.